The van der Waals surface area contributed by atoms with Crippen molar-refractivity contribution in [2.24, 2.45) is 11.8 Å². The van der Waals surface area contributed by atoms with Gasteiger partial charge in [0.2, 0.25) is 0 Å². The van der Waals surface area contributed by atoms with Gasteiger partial charge in [0.15, 0.2) is 0 Å². The van der Waals surface area contributed by atoms with Gasteiger partial charge in [-0.25, -0.2) is 0 Å². The molecule has 1 aliphatic heterocycles. The fourth-order valence-corrected chi connectivity index (χ4v) is 2.40. The van der Waals surface area contributed by atoms with E-state index in [0.717, 1.165) is 11.8 Å². The molecule has 0 aromatic carbocycles. The van der Waals surface area contributed by atoms with Crippen molar-refractivity contribution in [3.05, 3.63) is 0 Å². The minimum atomic E-state index is 1.09. The summed E-state index contributed by atoms with van der Waals surface area (Å²) in [7, 11) is 2.51. The topological polar surface area (TPSA) is 0 Å². The minimum absolute atomic E-state index is 1.09. The van der Waals surface area contributed by atoms with Crippen LogP contribution in [0.3, 0.4) is 0 Å². The van der Waals surface area contributed by atoms with Crippen LogP contribution in [0.4, 0.5) is 0 Å². The zero-order valence-electron chi connectivity index (χ0n) is 5.97. The molecule has 9 heavy (non-hydrogen) atoms. The van der Waals surface area contributed by atoms with Gasteiger partial charge in [-0.3, -0.25) is 0 Å². The molecular weight excluding hydrogens is 107 g/mol. The van der Waals surface area contributed by atoms with Crippen LogP contribution in [0, 0.1) is 11.8 Å². The molecule has 49 valence electrons. The molecule has 1 radical (unpaired) electrons. The normalized spacial score (nSPS) is 41.8. The maximum atomic E-state index is 2.51. The Morgan fingerprint density at radius 1 is 1.00 bits per heavy atom. The van der Waals surface area contributed by atoms with E-state index in [0.29, 0.717) is 0 Å². The zero-order valence-corrected chi connectivity index (χ0v) is 5.97. The van der Waals surface area contributed by atoms with E-state index in [9.17, 15) is 0 Å². The molecule has 2 rings (SSSR count). The largest absolute Gasteiger partial charge is 0.110 e. The summed E-state index contributed by atoms with van der Waals surface area (Å²) in [5.41, 5.74) is 0. The van der Waals surface area contributed by atoms with E-state index in [1.54, 1.807) is 6.42 Å². The van der Waals surface area contributed by atoms with E-state index in [2.05, 4.69) is 7.28 Å². The molecule has 1 saturated heterocycles. The highest BCUT2D eigenvalue weighted by atomic mass is 14.3. The van der Waals surface area contributed by atoms with Crippen molar-refractivity contribution >= 4 is 7.28 Å². The van der Waals surface area contributed by atoms with Crippen LogP contribution in [0.25, 0.3) is 0 Å². The first-order chi connectivity index (χ1) is 4.45. The van der Waals surface area contributed by atoms with E-state index >= 15 is 0 Å². The molecule has 2 fully saturated rings. The van der Waals surface area contributed by atoms with Gasteiger partial charge in [-0.15, -0.1) is 0 Å². The van der Waals surface area contributed by atoms with Crippen molar-refractivity contribution in [1.29, 1.82) is 0 Å². The first kappa shape index (κ1) is 5.82. The van der Waals surface area contributed by atoms with Crippen LogP contribution in [-0.2, 0) is 0 Å². The van der Waals surface area contributed by atoms with Crippen molar-refractivity contribution in [3.63, 3.8) is 0 Å². The van der Waals surface area contributed by atoms with Gasteiger partial charge in [-0.05, 0) is 18.3 Å². The second kappa shape index (κ2) is 2.36. The zero-order chi connectivity index (χ0) is 6.10. The van der Waals surface area contributed by atoms with Gasteiger partial charge < -0.3 is 0 Å². The molecule has 0 spiro atoms. The average Bonchev–Trinajstić information content (AvgIpc) is 1.88. The molecule has 0 aromatic heterocycles. The summed E-state index contributed by atoms with van der Waals surface area (Å²) < 4.78 is 0. The molecule has 0 nitrogen and oxygen atoms in total. The summed E-state index contributed by atoms with van der Waals surface area (Å²) in [4.78, 5) is 0. The Hall–Kier alpha value is 0.0649. The van der Waals surface area contributed by atoms with E-state index in [1.165, 1.54) is 31.9 Å². The third-order valence-electron chi connectivity index (χ3n) is 2.89. The Labute approximate surface area is 58.3 Å². The summed E-state index contributed by atoms with van der Waals surface area (Å²) >= 11 is 0. The van der Waals surface area contributed by atoms with Crippen molar-refractivity contribution in [2.45, 2.75) is 38.3 Å². The Bertz CT molecular complexity index is 80.7. The fourth-order valence-electron chi connectivity index (χ4n) is 2.40. The summed E-state index contributed by atoms with van der Waals surface area (Å²) in [6, 6.07) is 0. The molecule has 2 atom stereocenters. The van der Waals surface area contributed by atoms with Gasteiger partial charge in [-0.1, -0.05) is 31.9 Å². The van der Waals surface area contributed by atoms with Crippen LogP contribution in [0.5, 0.6) is 0 Å². The maximum Gasteiger partial charge on any atom is 0.110 e. The summed E-state index contributed by atoms with van der Waals surface area (Å²) in [6.07, 6.45) is 8.96. The molecule has 2 aliphatic rings. The van der Waals surface area contributed by atoms with E-state index in [-0.39, 0.29) is 0 Å². The molecular formula is C8H14B. The first-order valence-electron chi connectivity index (χ1n) is 4.27. The molecule has 0 aromatic rings. The molecule has 1 heteroatoms. The number of hydrogen-bond donors (Lipinski definition) is 0. The van der Waals surface area contributed by atoms with Gasteiger partial charge in [-0.2, -0.15) is 0 Å². The predicted octanol–water partition coefficient (Wildman–Crippen LogP) is 2.35. The highest BCUT2D eigenvalue weighted by Crippen LogP contribution is 2.37. The molecule has 2 bridgehead atoms. The second-order valence-corrected chi connectivity index (χ2v) is 3.66. The van der Waals surface area contributed by atoms with Crippen LogP contribution >= 0.6 is 0 Å². The standard InChI is InChI=1S/C8H14B/c1-2-7-4-8(3-1)6-9-5-7/h7-8H,1-6H2. The Kier molecular flexibility index (Phi) is 1.53. The Morgan fingerprint density at radius 2 is 1.67 bits per heavy atom. The van der Waals surface area contributed by atoms with Gasteiger partial charge in [0.25, 0.3) is 0 Å². The predicted molar refractivity (Wildman–Crippen MR) is 40.8 cm³/mol. The molecule has 2 unspecified atom stereocenters. The summed E-state index contributed by atoms with van der Waals surface area (Å²) in [6.45, 7) is 0. The number of fused-ring (bicyclic) bond motifs is 2. The van der Waals surface area contributed by atoms with Crippen LogP contribution < -0.4 is 0 Å². The van der Waals surface area contributed by atoms with Crippen molar-refractivity contribution in [3.8, 4) is 0 Å². The van der Waals surface area contributed by atoms with Gasteiger partial charge in [0, 0.05) is 0 Å². The number of rotatable bonds is 0. The highest BCUT2D eigenvalue weighted by molar-refractivity contribution is 6.35. The Morgan fingerprint density at radius 3 is 2.22 bits per heavy atom. The van der Waals surface area contributed by atoms with Crippen LogP contribution in [0.1, 0.15) is 25.7 Å². The summed E-state index contributed by atoms with van der Waals surface area (Å²) in [5.74, 6) is 2.19. The Balaban J connectivity index is 1.96. The van der Waals surface area contributed by atoms with Crippen molar-refractivity contribution < 1.29 is 0 Å². The van der Waals surface area contributed by atoms with E-state index < -0.39 is 0 Å². The summed E-state index contributed by atoms with van der Waals surface area (Å²) in [5, 5.41) is 0. The smallest absolute Gasteiger partial charge is 0.0775 e. The lowest BCUT2D eigenvalue weighted by atomic mass is 9.53. The van der Waals surface area contributed by atoms with E-state index in [4.69, 9.17) is 0 Å². The highest BCUT2D eigenvalue weighted by Gasteiger charge is 2.25. The SMILES string of the molecule is [B]1CC2CCCC(C1)C2. The molecule has 1 aliphatic carbocycles. The number of hydrogen-bond acceptors (Lipinski definition) is 0. The fraction of sp³-hybridized carbons (Fsp3) is 1.00. The van der Waals surface area contributed by atoms with Gasteiger partial charge in [0.1, 0.15) is 7.28 Å². The van der Waals surface area contributed by atoms with Crippen LogP contribution in [0.15, 0.2) is 0 Å². The van der Waals surface area contributed by atoms with E-state index in [1.807, 2.05) is 0 Å². The van der Waals surface area contributed by atoms with Crippen molar-refractivity contribution in [2.75, 3.05) is 0 Å². The van der Waals surface area contributed by atoms with Crippen LogP contribution in [0.2, 0.25) is 12.6 Å². The lowest BCUT2D eigenvalue weighted by molar-refractivity contribution is 0.285. The molecule has 1 saturated carbocycles. The molecule has 0 N–H and O–H groups in total. The average molecular weight is 121 g/mol. The monoisotopic (exact) mass is 121 g/mol. The lowest BCUT2D eigenvalue weighted by Crippen LogP contribution is -2.23. The minimum Gasteiger partial charge on any atom is -0.0775 e. The maximum absolute atomic E-state index is 2.51. The third-order valence-corrected chi connectivity index (χ3v) is 2.89. The van der Waals surface area contributed by atoms with Gasteiger partial charge in [0.05, 0.1) is 0 Å². The third kappa shape index (κ3) is 1.15. The first-order valence-corrected chi connectivity index (χ1v) is 4.27. The van der Waals surface area contributed by atoms with Gasteiger partial charge >= 0.3 is 0 Å². The molecule has 1 heterocycles. The van der Waals surface area contributed by atoms with Crippen molar-refractivity contribution in [1.82, 2.24) is 0 Å². The van der Waals surface area contributed by atoms with Crippen LogP contribution in [-0.4, -0.2) is 7.28 Å². The lowest BCUT2D eigenvalue weighted by Gasteiger charge is -2.33. The molecule has 0 amide bonds. The second-order valence-electron chi connectivity index (χ2n) is 3.66. The quantitative estimate of drug-likeness (QED) is 0.431.